The van der Waals surface area contributed by atoms with Gasteiger partial charge in [-0.2, -0.15) is 0 Å². The Morgan fingerprint density at radius 2 is 2.00 bits per heavy atom. The van der Waals surface area contributed by atoms with Crippen molar-refractivity contribution >= 4 is 21.6 Å². The van der Waals surface area contributed by atoms with Crippen LogP contribution in [0.5, 0.6) is 0 Å². The van der Waals surface area contributed by atoms with E-state index in [2.05, 4.69) is 4.72 Å². The molecule has 0 heterocycles. The van der Waals surface area contributed by atoms with E-state index in [0.29, 0.717) is 6.42 Å². The van der Waals surface area contributed by atoms with Crippen molar-refractivity contribution in [2.45, 2.75) is 42.7 Å². The van der Waals surface area contributed by atoms with E-state index in [4.69, 9.17) is 17.3 Å². The Kier molecular flexibility index (Phi) is 4.45. The molecule has 1 fully saturated rings. The van der Waals surface area contributed by atoms with Gasteiger partial charge in [-0.1, -0.05) is 24.4 Å². The van der Waals surface area contributed by atoms with Gasteiger partial charge in [-0.25, -0.2) is 17.5 Å². The molecule has 106 valence electrons. The highest BCUT2D eigenvalue weighted by Gasteiger charge is 2.28. The zero-order valence-electron chi connectivity index (χ0n) is 10.3. The summed E-state index contributed by atoms with van der Waals surface area (Å²) in [4.78, 5) is -0.394. The lowest BCUT2D eigenvalue weighted by molar-refractivity contribution is 0.360. The van der Waals surface area contributed by atoms with Crippen LogP contribution >= 0.6 is 11.6 Å². The fraction of sp³-hybridized carbons (Fsp3) is 0.500. The summed E-state index contributed by atoms with van der Waals surface area (Å²) < 4.78 is 40.4. The number of hydrogen-bond acceptors (Lipinski definition) is 3. The molecule has 0 aliphatic heterocycles. The highest BCUT2D eigenvalue weighted by atomic mass is 35.5. The minimum atomic E-state index is -3.90. The van der Waals surface area contributed by atoms with Crippen LogP contribution in [0.15, 0.2) is 23.1 Å². The van der Waals surface area contributed by atoms with Gasteiger partial charge in [0.15, 0.2) is 0 Å². The van der Waals surface area contributed by atoms with Gasteiger partial charge in [0.25, 0.3) is 0 Å². The van der Waals surface area contributed by atoms with E-state index in [-0.39, 0.29) is 17.1 Å². The second-order valence-corrected chi connectivity index (χ2v) is 6.87. The van der Waals surface area contributed by atoms with E-state index in [1.165, 1.54) is 6.07 Å². The second kappa shape index (κ2) is 5.75. The smallest absolute Gasteiger partial charge is 0.243 e. The average molecular weight is 307 g/mol. The van der Waals surface area contributed by atoms with Crippen LogP contribution in [0.1, 0.15) is 25.7 Å². The predicted octanol–water partition coefficient (Wildman–Crippen LogP) is 2.03. The Hall–Kier alpha value is -0.690. The molecule has 1 aliphatic carbocycles. The molecule has 19 heavy (non-hydrogen) atoms. The van der Waals surface area contributed by atoms with Crippen molar-refractivity contribution in [2.24, 2.45) is 5.73 Å². The van der Waals surface area contributed by atoms with Crippen LogP contribution in [0.25, 0.3) is 0 Å². The summed E-state index contributed by atoms with van der Waals surface area (Å²) in [6, 6.07) is 2.93. The van der Waals surface area contributed by atoms with E-state index < -0.39 is 20.7 Å². The summed E-state index contributed by atoms with van der Waals surface area (Å²) in [6.07, 6.45) is 3.37. The van der Waals surface area contributed by atoms with Crippen LogP contribution in [0.4, 0.5) is 4.39 Å². The second-order valence-electron chi connectivity index (χ2n) is 4.75. The Morgan fingerprint density at radius 1 is 1.32 bits per heavy atom. The Bertz CT molecular complexity index is 565. The third-order valence-corrected chi connectivity index (χ3v) is 5.07. The molecule has 3 N–H and O–H groups in total. The van der Waals surface area contributed by atoms with Crippen LogP contribution in [0.2, 0.25) is 5.02 Å². The van der Waals surface area contributed by atoms with Gasteiger partial charge in [-0.3, -0.25) is 0 Å². The van der Waals surface area contributed by atoms with Crippen molar-refractivity contribution in [3.63, 3.8) is 0 Å². The normalized spacial score (nSPS) is 24.4. The topological polar surface area (TPSA) is 72.2 Å². The lowest BCUT2D eigenvalue weighted by atomic mass is 9.92. The maximum Gasteiger partial charge on any atom is 0.243 e. The minimum Gasteiger partial charge on any atom is -0.326 e. The molecule has 7 heteroatoms. The van der Waals surface area contributed by atoms with Gasteiger partial charge in [-0.15, -0.1) is 0 Å². The maximum atomic E-state index is 13.7. The summed E-state index contributed by atoms with van der Waals surface area (Å²) in [6.45, 7) is 0. The van der Waals surface area contributed by atoms with E-state index in [0.717, 1.165) is 31.4 Å². The molecule has 1 aromatic carbocycles. The predicted molar refractivity (Wildman–Crippen MR) is 72.0 cm³/mol. The third kappa shape index (κ3) is 3.45. The lowest BCUT2D eigenvalue weighted by Gasteiger charge is -2.29. The number of halogens is 2. The first-order valence-electron chi connectivity index (χ1n) is 6.13. The molecule has 2 atom stereocenters. The van der Waals surface area contributed by atoms with Gasteiger partial charge < -0.3 is 5.73 Å². The Morgan fingerprint density at radius 3 is 2.63 bits per heavy atom. The number of rotatable bonds is 3. The van der Waals surface area contributed by atoms with Crippen LogP contribution in [-0.2, 0) is 10.0 Å². The summed E-state index contributed by atoms with van der Waals surface area (Å²) in [5, 5.41) is 0.158. The van der Waals surface area contributed by atoms with Crippen molar-refractivity contribution in [3.8, 4) is 0 Å². The van der Waals surface area contributed by atoms with E-state index in [9.17, 15) is 12.8 Å². The monoisotopic (exact) mass is 306 g/mol. The van der Waals surface area contributed by atoms with Crippen molar-refractivity contribution in [2.75, 3.05) is 0 Å². The van der Waals surface area contributed by atoms with Crippen molar-refractivity contribution in [1.82, 2.24) is 4.72 Å². The van der Waals surface area contributed by atoms with E-state index in [1.54, 1.807) is 0 Å². The van der Waals surface area contributed by atoms with Crippen molar-refractivity contribution in [3.05, 3.63) is 29.0 Å². The Labute approximate surface area is 117 Å². The van der Waals surface area contributed by atoms with Crippen molar-refractivity contribution < 1.29 is 12.8 Å². The SMILES string of the molecule is NC1CCCCC1NS(=O)(=O)c1ccc(Cl)cc1F. The molecule has 4 nitrogen and oxygen atoms in total. The largest absolute Gasteiger partial charge is 0.326 e. The first-order valence-corrected chi connectivity index (χ1v) is 7.99. The fourth-order valence-electron chi connectivity index (χ4n) is 2.26. The van der Waals surface area contributed by atoms with E-state index in [1.807, 2.05) is 0 Å². The first-order chi connectivity index (χ1) is 8.90. The number of sulfonamides is 1. The summed E-state index contributed by atoms with van der Waals surface area (Å²) in [5.41, 5.74) is 5.88. The molecule has 0 spiro atoms. The van der Waals surface area contributed by atoms with Crippen LogP contribution < -0.4 is 10.5 Å². The maximum absolute atomic E-state index is 13.7. The average Bonchev–Trinajstić information content (AvgIpc) is 2.31. The number of nitrogens with one attached hydrogen (secondary N) is 1. The minimum absolute atomic E-state index is 0.158. The highest BCUT2D eigenvalue weighted by Crippen LogP contribution is 2.22. The van der Waals surface area contributed by atoms with Gasteiger partial charge in [0.2, 0.25) is 10.0 Å². The Balaban J connectivity index is 2.22. The molecule has 0 bridgehead atoms. The molecule has 0 amide bonds. The quantitative estimate of drug-likeness (QED) is 0.897. The summed E-state index contributed by atoms with van der Waals surface area (Å²) in [5.74, 6) is -0.857. The molecule has 1 aromatic rings. The molecule has 0 aromatic heterocycles. The molecule has 1 saturated carbocycles. The first kappa shape index (κ1) is 14.7. The van der Waals surface area contributed by atoms with Crippen LogP contribution in [-0.4, -0.2) is 20.5 Å². The van der Waals surface area contributed by atoms with Crippen molar-refractivity contribution in [1.29, 1.82) is 0 Å². The van der Waals surface area contributed by atoms with Gasteiger partial charge in [0.1, 0.15) is 10.7 Å². The number of nitrogens with two attached hydrogens (primary N) is 1. The molecular formula is C12H16ClFN2O2S. The molecule has 0 saturated heterocycles. The van der Waals surface area contributed by atoms with Gasteiger partial charge in [0, 0.05) is 17.1 Å². The number of benzene rings is 1. The molecule has 2 rings (SSSR count). The molecule has 0 radical (unpaired) electrons. The summed E-state index contributed by atoms with van der Waals surface area (Å²) >= 11 is 5.61. The van der Waals surface area contributed by atoms with Crippen LogP contribution in [0, 0.1) is 5.82 Å². The summed E-state index contributed by atoms with van der Waals surface area (Å²) in [7, 11) is -3.90. The molecule has 1 aliphatic rings. The van der Waals surface area contributed by atoms with Crippen LogP contribution in [0.3, 0.4) is 0 Å². The molecule has 2 unspecified atom stereocenters. The van der Waals surface area contributed by atoms with Gasteiger partial charge in [0.05, 0.1) is 0 Å². The fourth-order valence-corrected chi connectivity index (χ4v) is 3.80. The number of hydrogen-bond donors (Lipinski definition) is 2. The van der Waals surface area contributed by atoms with Gasteiger partial charge in [-0.05, 0) is 31.0 Å². The highest BCUT2D eigenvalue weighted by molar-refractivity contribution is 7.89. The molecular weight excluding hydrogens is 291 g/mol. The lowest BCUT2D eigenvalue weighted by Crippen LogP contribution is -2.49. The third-order valence-electron chi connectivity index (χ3n) is 3.31. The zero-order chi connectivity index (χ0) is 14.0. The van der Waals surface area contributed by atoms with Gasteiger partial charge >= 0.3 is 0 Å². The standard InChI is InChI=1S/C12H16ClFN2O2S/c13-8-5-6-12(9(14)7-8)19(17,18)16-11-4-2-1-3-10(11)15/h5-7,10-11,16H,1-4,15H2. The van der Waals surface area contributed by atoms with E-state index >= 15 is 0 Å². The zero-order valence-corrected chi connectivity index (χ0v) is 11.8.